The Labute approximate surface area is 95.1 Å². The van der Waals surface area contributed by atoms with Crippen LogP contribution in [0.25, 0.3) is 0 Å². The summed E-state index contributed by atoms with van der Waals surface area (Å²) in [6, 6.07) is 0.230. The third-order valence-corrected chi connectivity index (χ3v) is 3.49. The average Bonchev–Trinajstić information content (AvgIpc) is 2.02. The van der Waals surface area contributed by atoms with E-state index in [1.54, 1.807) is 0 Å². The Kier molecular flexibility index (Phi) is 5.31. The van der Waals surface area contributed by atoms with Gasteiger partial charge in [0, 0.05) is 11.4 Å². The highest BCUT2D eigenvalue weighted by Crippen LogP contribution is 2.38. The topological polar surface area (TPSA) is 44.5 Å². The van der Waals surface area contributed by atoms with Gasteiger partial charge >= 0.3 is 0 Å². The van der Waals surface area contributed by atoms with Gasteiger partial charge in [0.15, 0.2) is 0 Å². The van der Waals surface area contributed by atoms with E-state index in [0.29, 0.717) is 0 Å². The van der Waals surface area contributed by atoms with E-state index in [2.05, 4.69) is 34.6 Å². The molecule has 0 radical (unpaired) electrons. The standard InChI is InChI=1S/C11H26BNO2/c1-8(15-9(2)12)10(3,4)11(5,6)14-7-13/h8-9H,7,12-13H2,1-6H3. The van der Waals surface area contributed by atoms with Crippen molar-refractivity contribution in [2.24, 2.45) is 11.1 Å². The highest BCUT2D eigenvalue weighted by Gasteiger charge is 2.42. The van der Waals surface area contributed by atoms with Crippen molar-refractivity contribution in [2.45, 2.75) is 59.3 Å². The molecular weight excluding hydrogens is 189 g/mol. The maximum atomic E-state index is 5.83. The minimum atomic E-state index is -0.296. The molecule has 3 nitrogen and oxygen atoms in total. The molecule has 0 aliphatic carbocycles. The Balaban J connectivity index is 4.63. The van der Waals surface area contributed by atoms with Gasteiger partial charge in [0.25, 0.3) is 0 Å². The fourth-order valence-electron chi connectivity index (χ4n) is 1.46. The molecule has 0 saturated carbocycles. The van der Waals surface area contributed by atoms with Crippen molar-refractivity contribution in [3.8, 4) is 0 Å². The molecule has 0 aromatic rings. The van der Waals surface area contributed by atoms with Crippen molar-refractivity contribution < 1.29 is 9.47 Å². The Morgan fingerprint density at radius 1 is 1.20 bits per heavy atom. The van der Waals surface area contributed by atoms with Crippen LogP contribution in [-0.2, 0) is 9.47 Å². The zero-order chi connectivity index (χ0) is 12.3. The normalized spacial score (nSPS) is 17.5. The second-order valence-electron chi connectivity index (χ2n) is 5.37. The van der Waals surface area contributed by atoms with E-state index in [4.69, 9.17) is 15.2 Å². The zero-order valence-electron chi connectivity index (χ0n) is 11.3. The Bertz CT molecular complexity index is 193. The molecule has 0 aliphatic heterocycles. The molecule has 90 valence electrons. The second-order valence-corrected chi connectivity index (χ2v) is 5.37. The van der Waals surface area contributed by atoms with Crippen molar-refractivity contribution in [1.82, 2.24) is 0 Å². The highest BCUT2D eigenvalue weighted by molar-refractivity contribution is 6.10. The predicted molar refractivity (Wildman–Crippen MR) is 66.6 cm³/mol. The van der Waals surface area contributed by atoms with Crippen LogP contribution in [0.15, 0.2) is 0 Å². The van der Waals surface area contributed by atoms with Gasteiger partial charge in [-0.05, 0) is 27.7 Å². The molecule has 4 heteroatoms. The largest absolute Gasteiger partial charge is 0.384 e. The van der Waals surface area contributed by atoms with Crippen LogP contribution in [0.1, 0.15) is 41.5 Å². The lowest BCUT2D eigenvalue weighted by Crippen LogP contribution is -2.50. The van der Waals surface area contributed by atoms with Gasteiger partial charge in [-0.15, -0.1) is 0 Å². The first kappa shape index (κ1) is 14.9. The third-order valence-electron chi connectivity index (χ3n) is 3.49. The molecular formula is C11H26BNO2. The molecule has 0 fully saturated rings. The first-order chi connectivity index (χ1) is 6.65. The SMILES string of the molecule is BC(C)OC(C)C(C)(C)C(C)(C)OCN. The van der Waals surface area contributed by atoms with Gasteiger partial charge < -0.3 is 15.2 Å². The summed E-state index contributed by atoms with van der Waals surface area (Å²) in [4.78, 5) is 0. The van der Waals surface area contributed by atoms with E-state index in [-0.39, 0.29) is 29.9 Å². The summed E-state index contributed by atoms with van der Waals surface area (Å²) in [5.41, 5.74) is 5.07. The van der Waals surface area contributed by atoms with Gasteiger partial charge in [0.2, 0.25) is 0 Å². The van der Waals surface area contributed by atoms with Crippen LogP contribution in [0, 0.1) is 5.41 Å². The van der Waals surface area contributed by atoms with Gasteiger partial charge in [-0.1, -0.05) is 13.8 Å². The first-order valence-corrected chi connectivity index (χ1v) is 5.64. The second kappa shape index (κ2) is 5.33. The van der Waals surface area contributed by atoms with E-state index in [9.17, 15) is 0 Å². The zero-order valence-corrected chi connectivity index (χ0v) is 11.3. The maximum absolute atomic E-state index is 5.83. The molecule has 0 bridgehead atoms. The summed E-state index contributed by atoms with van der Waals surface area (Å²) in [6.07, 6.45) is 0.124. The summed E-state index contributed by atoms with van der Waals surface area (Å²) in [5, 5.41) is 0. The van der Waals surface area contributed by atoms with Crippen LogP contribution >= 0.6 is 0 Å². The summed E-state index contributed by atoms with van der Waals surface area (Å²) in [5.74, 6) is 0. The average molecular weight is 215 g/mol. The Hall–Kier alpha value is -0.0551. The Morgan fingerprint density at radius 2 is 1.67 bits per heavy atom. The summed E-state index contributed by atoms with van der Waals surface area (Å²) in [6.45, 7) is 12.8. The Morgan fingerprint density at radius 3 is 2.00 bits per heavy atom. The minimum absolute atomic E-state index is 0.0867. The number of ether oxygens (including phenoxy) is 2. The van der Waals surface area contributed by atoms with Gasteiger partial charge in [-0.25, -0.2) is 0 Å². The van der Waals surface area contributed by atoms with E-state index in [0.717, 1.165) is 0 Å². The lowest BCUT2D eigenvalue weighted by Gasteiger charge is -2.45. The van der Waals surface area contributed by atoms with Gasteiger partial charge in [0.1, 0.15) is 7.85 Å². The van der Waals surface area contributed by atoms with Crippen molar-refractivity contribution in [3.05, 3.63) is 0 Å². The van der Waals surface area contributed by atoms with E-state index in [1.807, 2.05) is 14.8 Å². The summed E-state index contributed by atoms with van der Waals surface area (Å²) in [7, 11) is 2.05. The molecule has 2 unspecified atom stereocenters. The quantitative estimate of drug-likeness (QED) is 0.533. The highest BCUT2D eigenvalue weighted by atomic mass is 16.5. The number of rotatable bonds is 6. The van der Waals surface area contributed by atoms with Crippen LogP contribution in [0.5, 0.6) is 0 Å². The van der Waals surface area contributed by atoms with Crippen LogP contribution in [0.3, 0.4) is 0 Å². The van der Waals surface area contributed by atoms with Crippen molar-refractivity contribution >= 4 is 7.85 Å². The molecule has 0 aliphatic rings. The maximum Gasteiger partial charge on any atom is 0.138 e. The summed E-state index contributed by atoms with van der Waals surface area (Å²) < 4.78 is 11.4. The fourth-order valence-corrected chi connectivity index (χ4v) is 1.46. The minimum Gasteiger partial charge on any atom is -0.384 e. The number of hydrogen-bond acceptors (Lipinski definition) is 3. The lowest BCUT2D eigenvalue weighted by molar-refractivity contribution is -0.155. The molecule has 2 atom stereocenters. The van der Waals surface area contributed by atoms with Gasteiger partial charge in [0.05, 0.1) is 18.4 Å². The van der Waals surface area contributed by atoms with Crippen LogP contribution in [0.2, 0.25) is 0 Å². The van der Waals surface area contributed by atoms with Crippen LogP contribution in [-0.4, -0.2) is 32.3 Å². The first-order valence-electron chi connectivity index (χ1n) is 5.64. The molecule has 0 amide bonds. The number of hydrogen-bond donors (Lipinski definition) is 1. The van der Waals surface area contributed by atoms with E-state index >= 15 is 0 Å². The molecule has 0 rings (SSSR count). The molecule has 0 spiro atoms. The smallest absolute Gasteiger partial charge is 0.138 e. The van der Waals surface area contributed by atoms with E-state index in [1.165, 1.54) is 0 Å². The van der Waals surface area contributed by atoms with Crippen molar-refractivity contribution in [3.63, 3.8) is 0 Å². The lowest BCUT2D eigenvalue weighted by atomic mass is 9.73. The van der Waals surface area contributed by atoms with Crippen molar-refractivity contribution in [2.75, 3.05) is 6.73 Å². The van der Waals surface area contributed by atoms with Gasteiger partial charge in [-0.3, -0.25) is 0 Å². The molecule has 2 N–H and O–H groups in total. The molecule has 0 aromatic carbocycles. The van der Waals surface area contributed by atoms with Crippen LogP contribution < -0.4 is 5.73 Å². The van der Waals surface area contributed by atoms with Gasteiger partial charge in [-0.2, -0.15) is 0 Å². The van der Waals surface area contributed by atoms with Crippen LogP contribution in [0.4, 0.5) is 0 Å². The molecule has 15 heavy (non-hydrogen) atoms. The third kappa shape index (κ3) is 3.78. The molecule has 0 saturated heterocycles. The fraction of sp³-hybridized carbons (Fsp3) is 1.00. The summed E-state index contributed by atoms with van der Waals surface area (Å²) >= 11 is 0. The molecule has 0 heterocycles. The van der Waals surface area contributed by atoms with Crippen molar-refractivity contribution in [1.29, 1.82) is 0 Å². The molecule has 0 aromatic heterocycles. The monoisotopic (exact) mass is 215 g/mol. The predicted octanol–water partition coefficient (Wildman–Crippen LogP) is 1.11. The number of nitrogens with two attached hydrogens (primary N) is 1. The van der Waals surface area contributed by atoms with E-state index < -0.39 is 0 Å².